The van der Waals surface area contributed by atoms with Crippen LogP contribution in [0.25, 0.3) is 0 Å². The second-order valence-electron chi connectivity index (χ2n) is 5.07. The molecule has 0 aliphatic carbocycles. The van der Waals surface area contributed by atoms with Crippen LogP contribution in [0.2, 0.25) is 0 Å². The number of aromatic nitrogens is 1. The second-order valence-corrected chi connectivity index (χ2v) is 5.60. The summed E-state index contributed by atoms with van der Waals surface area (Å²) in [5.41, 5.74) is -0.479. The maximum absolute atomic E-state index is 12.5. The Morgan fingerprint density at radius 3 is 2.35 bits per heavy atom. The number of pyridine rings is 1. The third-order valence-electron chi connectivity index (χ3n) is 2.47. The third-order valence-corrected chi connectivity index (χ3v) is 3.28. The minimum atomic E-state index is -4.33. The molecule has 1 aromatic heterocycles. The standard InChI is InChI=1S/C12H15ClF3N/c1-11(2,3)10(13)7-9-6-8(4-5-17-9)12(14,15)16/h4-6,10H,7H2,1-3H3. The lowest BCUT2D eigenvalue weighted by Crippen LogP contribution is -2.23. The molecule has 0 spiro atoms. The van der Waals surface area contributed by atoms with Crippen molar-refractivity contribution in [3.63, 3.8) is 0 Å². The second kappa shape index (κ2) is 4.84. The van der Waals surface area contributed by atoms with Crippen molar-refractivity contribution in [1.82, 2.24) is 4.98 Å². The summed E-state index contributed by atoms with van der Waals surface area (Å²) in [5, 5.41) is -0.251. The van der Waals surface area contributed by atoms with Crippen molar-refractivity contribution in [2.75, 3.05) is 0 Å². The minimum absolute atomic E-state index is 0.169. The molecule has 1 unspecified atom stereocenters. The van der Waals surface area contributed by atoms with Crippen LogP contribution in [0.5, 0.6) is 0 Å². The largest absolute Gasteiger partial charge is 0.416 e. The zero-order valence-electron chi connectivity index (χ0n) is 9.98. The third kappa shape index (κ3) is 4.19. The molecule has 1 nitrogen and oxygen atoms in total. The van der Waals surface area contributed by atoms with Crippen molar-refractivity contribution in [1.29, 1.82) is 0 Å². The molecule has 0 amide bonds. The predicted molar refractivity (Wildman–Crippen MR) is 62.0 cm³/mol. The van der Waals surface area contributed by atoms with Gasteiger partial charge in [0.1, 0.15) is 0 Å². The minimum Gasteiger partial charge on any atom is -0.261 e. The van der Waals surface area contributed by atoms with E-state index in [1.165, 1.54) is 6.20 Å². The van der Waals surface area contributed by atoms with Gasteiger partial charge < -0.3 is 0 Å². The van der Waals surface area contributed by atoms with Crippen molar-refractivity contribution in [2.45, 2.75) is 38.7 Å². The molecule has 0 aliphatic heterocycles. The van der Waals surface area contributed by atoms with E-state index < -0.39 is 11.7 Å². The van der Waals surface area contributed by atoms with E-state index in [4.69, 9.17) is 11.6 Å². The molecule has 0 radical (unpaired) electrons. The van der Waals surface area contributed by atoms with E-state index in [9.17, 15) is 13.2 Å². The zero-order valence-corrected chi connectivity index (χ0v) is 10.7. The average Bonchev–Trinajstić information content (AvgIpc) is 2.15. The number of hydrogen-bond acceptors (Lipinski definition) is 1. The lowest BCUT2D eigenvalue weighted by molar-refractivity contribution is -0.137. The molecule has 1 heterocycles. The van der Waals surface area contributed by atoms with Gasteiger partial charge in [0.15, 0.2) is 0 Å². The Morgan fingerprint density at radius 2 is 1.88 bits per heavy atom. The lowest BCUT2D eigenvalue weighted by atomic mass is 9.89. The number of hydrogen-bond donors (Lipinski definition) is 0. The molecule has 0 bridgehead atoms. The Morgan fingerprint density at radius 1 is 1.29 bits per heavy atom. The fraction of sp³-hybridized carbons (Fsp3) is 0.583. The van der Waals surface area contributed by atoms with Gasteiger partial charge in [-0.2, -0.15) is 13.2 Å². The summed E-state index contributed by atoms with van der Waals surface area (Å²) in [6, 6.07) is 2.02. The van der Waals surface area contributed by atoms with Crippen molar-refractivity contribution in [2.24, 2.45) is 5.41 Å². The average molecular weight is 266 g/mol. The van der Waals surface area contributed by atoms with Gasteiger partial charge in [0, 0.05) is 23.7 Å². The number of halogens is 4. The van der Waals surface area contributed by atoms with Crippen LogP contribution < -0.4 is 0 Å². The molecule has 1 rings (SSSR count). The first-order valence-electron chi connectivity index (χ1n) is 5.27. The molecule has 0 fully saturated rings. The maximum atomic E-state index is 12.5. The van der Waals surface area contributed by atoms with Gasteiger partial charge in [-0.25, -0.2) is 0 Å². The first-order valence-corrected chi connectivity index (χ1v) is 5.70. The Balaban J connectivity index is 2.87. The zero-order chi connectivity index (χ0) is 13.3. The fourth-order valence-electron chi connectivity index (χ4n) is 1.26. The normalized spacial score (nSPS) is 14.8. The summed E-state index contributed by atoms with van der Waals surface area (Å²) < 4.78 is 37.4. The number of alkyl halides is 4. The van der Waals surface area contributed by atoms with Crippen LogP contribution >= 0.6 is 11.6 Å². The van der Waals surface area contributed by atoms with Crippen LogP contribution in [0.4, 0.5) is 13.2 Å². The van der Waals surface area contributed by atoms with Crippen molar-refractivity contribution >= 4 is 11.6 Å². The fourth-order valence-corrected chi connectivity index (χ4v) is 1.41. The summed E-state index contributed by atoms with van der Waals surface area (Å²) in [6.45, 7) is 5.83. The Labute approximate surface area is 104 Å². The van der Waals surface area contributed by atoms with Gasteiger partial charge in [0.25, 0.3) is 0 Å². The molecule has 0 N–H and O–H groups in total. The predicted octanol–water partition coefficient (Wildman–Crippen LogP) is 4.30. The topological polar surface area (TPSA) is 12.9 Å². The lowest BCUT2D eigenvalue weighted by Gasteiger charge is -2.24. The monoisotopic (exact) mass is 265 g/mol. The van der Waals surface area contributed by atoms with E-state index in [0.717, 1.165) is 12.1 Å². The van der Waals surface area contributed by atoms with Gasteiger partial charge in [-0.05, 0) is 17.5 Å². The highest BCUT2D eigenvalue weighted by Gasteiger charge is 2.31. The molecular weight excluding hydrogens is 251 g/mol. The van der Waals surface area contributed by atoms with E-state index in [0.29, 0.717) is 12.1 Å². The molecule has 96 valence electrons. The van der Waals surface area contributed by atoms with Gasteiger partial charge >= 0.3 is 6.18 Å². The van der Waals surface area contributed by atoms with Crippen LogP contribution in [0.3, 0.4) is 0 Å². The van der Waals surface area contributed by atoms with Crippen LogP contribution in [0.1, 0.15) is 32.0 Å². The summed E-state index contributed by atoms with van der Waals surface area (Å²) in [7, 11) is 0. The first-order chi connectivity index (χ1) is 7.60. The molecule has 0 saturated heterocycles. The van der Waals surface area contributed by atoms with E-state index in [1.807, 2.05) is 20.8 Å². The van der Waals surface area contributed by atoms with Crippen molar-refractivity contribution in [3.05, 3.63) is 29.6 Å². The highest BCUT2D eigenvalue weighted by molar-refractivity contribution is 6.21. The van der Waals surface area contributed by atoms with Crippen molar-refractivity contribution < 1.29 is 13.2 Å². The number of nitrogens with zero attached hydrogens (tertiary/aromatic N) is 1. The van der Waals surface area contributed by atoms with Gasteiger partial charge in [0.2, 0.25) is 0 Å². The van der Waals surface area contributed by atoms with E-state index in [2.05, 4.69) is 4.98 Å². The van der Waals surface area contributed by atoms with Crippen LogP contribution in [-0.2, 0) is 12.6 Å². The molecule has 0 saturated carbocycles. The maximum Gasteiger partial charge on any atom is 0.416 e. The molecule has 17 heavy (non-hydrogen) atoms. The molecule has 0 aromatic carbocycles. The van der Waals surface area contributed by atoms with Crippen LogP contribution in [-0.4, -0.2) is 10.4 Å². The van der Waals surface area contributed by atoms with Gasteiger partial charge in [-0.3, -0.25) is 4.98 Å². The smallest absolute Gasteiger partial charge is 0.261 e. The molecule has 5 heteroatoms. The quantitative estimate of drug-likeness (QED) is 0.727. The van der Waals surface area contributed by atoms with E-state index in [1.54, 1.807) is 0 Å². The molecule has 1 atom stereocenters. The van der Waals surface area contributed by atoms with Crippen LogP contribution in [0, 0.1) is 5.41 Å². The first kappa shape index (κ1) is 14.3. The van der Waals surface area contributed by atoms with Gasteiger partial charge in [-0.1, -0.05) is 20.8 Å². The number of rotatable bonds is 2. The summed E-state index contributed by atoms with van der Waals surface area (Å²) in [6.07, 6.45) is -2.83. The molecule has 0 aliphatic rings. The molecule has 1 aromatic rings. The SMILES string of the molecule is CC(C)(C)C(Cl)Cc1cc(C(F)(F)F)ccn1. The summed E-state index contributed by atoms with van der Waals surface area (Å²) >= 11 is 6.14. The Kier molecular flexibility index (Phi) is 4.07. The van der Waals surface area contributed by atoms with E-state index >= 15 is 0 Å². The summed E-state index contributed by atoms with van der Waals surface area (Å²) in [5.74, 6) is 0. The van der Waals surface area contributed by atoms with Gasteiger partial charge in [-0.15, -0.1) is 11.6 Å². The summed E-state index contributed by atoms with van der Waals surface area (Å²) in [4.78, 5) is 3.92. The van der Waals surface area contributed by atoms with Crippen LogP contribution in [0.15, 0.2) is 18.3 Å². The van der Waals surface area contributed by atoms with Crippen molar-refractivity contribution in [3.8, 4) is 0 Å². The Hall–Kier alpha value is -0.770. The highest BCUT2D eigenvalue weighted by atomic mass is 35.5. The highest BCUT2D eigenvalue weighted by Crippen LogP contribution is 2.31. The Bertz CT molecular complexity index is 382. The van der Waals surface area contributed by atoms with E-state index in [-0.39, 0.29) is 10.8 Å². The van der Waals surface area contributed by atoms with Gasteiger partial charge in [0.05, 0.1) is 5.56 Å². The molecular formula is C12H15ClF3N.